The van der Waals surface area contributed by atoms with Crippen molar-refractivity contribution in [3.05, 3.63) is 48.2 Å². The van der Waals surface area contributed by atoms with Gasteiger partial charge >= 0.3 is 7.12 Å². The summed E-state index contributed by atoms with van der Waals surface area (Å²) in [5.41, 5.74) is 0.938. The van der Waals surface area contributed by atoms with E-state index in [0.29, 0.717) is 10.3 Å². The second kappa shape index (κ2) is 9.76. The molecule has 2 N–H and O–H groups in total. The highest BCUT2D eigenvalue weighted by molar-refractivity contribution is 7.19. The average Bonchev–Trinajstić information content (AvgIpc) is 3.53. The number of nitrogens with one attached hydrogen (secondary N) is 2. The van der Waals surface area contributed by atoms with Gasteiger partial charge in [0.15, 0.2) is 5.82 Å². The molecule has 1 amide bonds. The molecule has 0 saturated carbocycles. The Hall–Kier alpha value is -3.09. The summed E-state index contributed by atoms with van der Waals surface area (Å²) in [7, 11) is -0.463. The third-order valence-corrected chi connectivity index (χ3v) is 7.68. The van der Waals surface area contributed by atoms with Crippen LogP contribution in [-0.2, 0) is 20.5 Å². The minimum atomic E-state index is -0.463. The number of aromatic nitrogens is 4. The van der Waals surface area contributed by atoms with Gasteiger partial charge in [-0.05, 0) is 57.3 Å². The molecular weight excluding hydrogens is 477 g/mol. The Kier molecular flexibility index (Phi) is 6.67. The summed E-state index contributed by atoms with van der Waals surface area (Å²) in [5, 5.41) is 23.9. The fourth-order valence-electron chi connectivity index (χ4n) is 4.23. The van der Waals surface area contributed by atoms with E-state index in [1.807, 2.05) is 64.1 Å². The summed E-state index contributed by atoms with van der Waals surface area (Å²) in [6, 6.07) is 11.8. The third kappa shape index (κ3) is 5.35. The summed E-state index contributed by atoms with van der Waals surface area (Å²) in [6.07, 6.45) is 2.84. The fourth-order valence-corrected chi connectivity index (χ4v) is 4.97. The van der Waals surface area contributed by atoms with Gasteiger partial charge in [-0.25, -0.2) is 0 Å². The third-order valence-electron chi connectivity index (χ3n) is 6.91. The summed E-state index contributed by atoms with van der Waals surface area (Å²) in [5.74, 6) is 0.716. The van der Waals surface area contributed by atoms with Crippen molar-refractivity contribution < 1.29 is 14.1 Å². The first kappa shape index (κ1) is 24.6. The van der Waals surface area contributed by atoms with Crippen LogP contribution in [0.15, 0.2) is 42.6 Å². The van der Waals surface area contributed by atoms with Crippen molar-refractivity contribution in [2.75, 3.05) is 28.6 Å². The van der Waals surface area contributed by atoms with Crippen LogP contribution in [-0.4, -0.2) is 63.8 Å². The summed E-state index contributed by atoms with van der Waals surface area (Å²) in [4.78, 5) is 14.9. The molecule has 36 heavy (non-hydrogen) atoms. The smallest absolute Gasteiger partial charge is 0.399 e. The van der Waals surface area contributed by atoms with Crippen LogP contribution in [0.5, 0.6) is 0 Å². The Morgan fingerprint density at radius 2 is 1.89 bits per heavy atom. The van der Waals surface area contributed by atoms with Crippen molar-refractivity contribution in [3.63, 3.8) is 0 Å². The summed E-state index contributed by atoms with van der Waals surface area (Å²) < 4.78 is 12.3. The van der Waals surface area contributed by atoms with E-state index in [2.05, 4.69) is 35.9 Å². The normalized spacial score (nSPS) is 20.5. The topological polar surface area (TPSA) is 114 Å². The van der Waals surface area contributed by atoms with Crippen LogP contribution < -0.4 is 21.0 Å². The maximum Gasteiger partial charge on any atom is 0.494 e. The number of rotatable bonds is 7. The molecule has 0 unspecified atom stereocenters. The maximum absolute atomic E-state index is 12.7. The molecule has 10 nitrogen and oxygen atoms in total. The molecule has 0 bridgehead atoms. The number of carbonyl (C=O) groups is 1. The molecule has 0 radical (unpaired) electrons. The number of hydrogen-bond donors (Lipinski definition) is 2. The molecule has 2 aliphatic heterocycles. The van der Waals surface area contributed by atoms with Crippen LogP contribution in [0.1, 0.15) is 39.7 Å². The van der Waals surface area contributed by atoms with E-state index in [0.717, 1.165) is 36.4 Å². The van der Waals surface area contributed by atoms with Crippen molar-refractivity contribution in [2.24, 2.45) is 0 Å². The molecule has 4 heterocycles. The molecule has 2 fully saturated rings. The first-order chi connectivity index (χ1) is 17.2. The van der Waals surface area contributed by atoms with Gasteiger partial charge in [-0.2, -0.15) is 5.10 Å². The maximum atomic E-state index is 12.7. The van der Waals surface area contributed by atoms with Crippen LogP contribution in [0.4, 0.5) is 16.1 Å². The van der Waals surface area contributed by atoms with Gasteiger partial charge in [0.2, 0.25) is 16.2 Å². The Labute approximate surface area is 215 Å². The predicted molar refractivity (Wildman–Crippen MR) is 141 cm³/mol. The Balaban J connectivity index is 1.14. The number of benzene rings is 1. The number of hydrogen-bond acceptors (Lipinski definition) is 10. The quantitative estimate of drug-likeness (QED) is 0.466. The highest BCUT2D eigenvalue weighted by atomic mass is 32.1. The second-order valence-corrected chi connectivity index (χ2v) is 11.1. The van der Waals surface area contributed by atoms with Gasteiger partial charge in [0.1, 0.15) is 0 Å². The van der Waals surface area contributed by atoms with Gasteiger partial charge < -0.3 is 24.8 Å². The molecule has 5 rings (SSSR count). The Morgan fingerprint density at radius 1 is 1.11 bits per heavy atom. The Bertz CT molecular complexity index is 1210. The minimum absolute atomic E-state index is 0.154. The molecule has 2 saturated heterocycles. The van der Waals surface area contributed by atoms with E-state index in [1.54, 1.807) is 6.20 Å². The molecule has 2 aliphatic rings. The van der Waals surface area contributed by atoms with Gasteiger partial charge in [0.25, 0.3) is 0 Å². The lowest BCUT2D eigenvalue weighted by molar-refractivity contribution is -0.115. The van der Waals surface area contributed by atoms with Crippen LogP contribution in [0, 0.1) is 0 Å². The van der Waals surface area contributed by atoms with Crippen LogP contribution in [0.25, 0.3) is 0 Å². The zero-order chi connectivity index (χ0) is 25.3. The van der Waals surface area contributed by atoms with E-state index in [9.17, 15) is 4.79 Å². The van der Waals surface area contributed by atoms with E-state index < -0.39 is 18.3 Å². The van der Waals surface area contributed by atoms with Gasteiger partial charge in [-0.15, -0.1) is 15.3 Å². The fraction of sp³-hybridized carbons (Fsp3) is 0.458. The van der Waals surface area contributed by atoms with E-state index >= 15 is 0 Å². The first-order valence-corrected chi connectivity index (χ1v) is 12.9. The molecule has 188 valence electrons. The lowest BCUT2D eigenvalue weighted by Gasteiger charge is -2.32. The summed E-state index contributed by atoms with van der Waals surface area (Å²) >= 11 is 1.33. The van der Waals surface area contributed by atoms with E-state index in [1.165, 1.54) is 11.3 Å². The van der Waals surface area contributed by atoms with Crippen LogP contribution in [0.3, 0.4) is 0 Å². The molecule has 1 atom stereocenters. The SMILES string of the molecule is CC1(C)OB(c2cccc(CC(=O)Nc3nnc(N[C@@H]4CCN(c5cccnn5)C4)s3)c2)OC1(C)C. The number of carbonyl (C=O) groups excluding carboxylic acids is 1. The molecule has 12 heteroatoms. The zero-order valence-electron chi connectivity index (χ0n) is 20.9. The largest absolute Gasteiger partial charge is 0.494 e. The molecule has 0 aliphatic carbocycles. The predicted octanol–water partition coefficient (Wildman–Crippen LogP) is 2.50. The zero-order valence-corrected chi connectivity index (χ0v) is 21.7. The standard InChI is InChI=1S/C24H30BN7O3S/c1-23(2)24(3,4)35-25(34-23)17-8-5-7-16(13-17)14-20(33)28-22-31-30-21(36-22)27-18-10-12-32(15-18)19-9-6-11-26-29-19/h5-9,11,13,18H,10,12,14-15H2,1-4H3,(H,27,30)(H,28,31,33)/t18-/m1/s1. The lowest BCUT2D eigenvalue weighted by Crippen LogP contribution is -2.41. The van der Waals surface area contributed by atoms with E-state index in [-0.39, 0.29) is 18.4 Å². The van der Waals surface area contributed by atoms with Gasteiger partial charge in [-0.1, -0.05) is 35.6 Å². The van der Waals surface area contributed by atoms with Crippen molar-refractivity contribution >= 4 is 45.9 Å². The lowest BCUT2D eigenvalue weighted by atomic mass is 9.78. The highest BCUT2D eigenvalue weighted by Crippen LogP contribution is 2.36. The Morgan fingerprint density at radius 3 is 2.64 bits per heavy atom. The number of anilines is 3. The monoisotopic (exact) mass is 507 g/mol. The molecule has 3 aromatic rings. The van der Waals surface area contributed by atoms with Crippen molar-refractivity contribution in [3.8, 4) is 0 Å². The van der Waals surface area contributed by atoms with Crippen molar-refractivity contribution in [1.82, 2.24) is 20.4 Å². The first-order valence-electron chi connectivity index (χ1n) is 12.1. The second-order valence-electron chi connectivity index (χ2n) is 10.1. The molecule has 1 aromatic carbocycles. The minimum Gasteiger partial charge on any atom is -0.399 e. The summed E-state index contributed by atoms with van der Waals surface area (Å²) in [6.45, 7) is 9.79. The average molecular weight is 507 g/mol. The number of amides is 1. The van der Waals surface area contributed by atoms with Crippen molar-refractivity contribution in [2.45, 2.75) is 57.8 Å². The van der Waals surface area contributed by atoms with Crippen molar-refractivity contribution in [1.29, 1.82) is 0 Å². The van der Waals surface area contributed by atoms with Gasteiger partial charge in [-0.3, -0.25) is 4.79 Å². The van der Waals surface area contributed by atoms with E-state index in [4.69, 9.17) is 9.31 Å². The molecular formula is C24H30BN7O3S. The highest BCUT2D eigenvalue weighted by Gasteiger charge is 2.51. The van der Waals surface area contributed by atoms with Crippen LogP contribution >= 0.6 is 11.3 Å². The number of nitrogens with zero attached hydrogens (tertiary/aromatic N) is 5. The van der Waals surface area contributed by atoms with Gasteiger partial charge in [0, 0.05) is 25.3 Å². The molecule has 2 aromatic heterocycles. The van der Waals surface area contributed by atoms with Gasteiger partial charge in [0.05, 0.1) is 17.6 Å². The molecule has 0 spiro atoms. The van der Waals surface area contributed by atoms with Crippen LogP contribution in [0.2, 0.25) is 0 Å².